The van der Waals surface area contributed by atoms with E-state index in [2.05, 4.69) is 16.8 Å². The summed E-state index contributed by atoms with van der Waals surface area (Å²) in [5, 5.41) is 0.728. The molecule has 1 unspecified atom stereocenters. The van der Waals surface area contributed by atoms with Gasteiger partial charge in [-0.3, -0.25) is 0 Å². The maximum atomic E-state index is 6.21. The molecule has 2 rings (SSSR count). The fourth-order valence-electron chi connectivity index (χ4n) is 2.20. The minimum absolute atomic E-state index is 0.465. The highest BCUT2D eigenvalue weighted by Gasteiger charge is 2.21. The highest BCUT2D eigenvalue weighted by Crippen LogP contribution is 2.29. The second-order valence-electron chi connectivity index (χ2n) is 4.35. The minimum Gasteiger partial charge on any atom is -0.353 e. The molecule has 16 heavy (non-hydrogen) atoms. The Balaban J connectivity index is 2.30. The standard InChI is InChI=1S/C12H18ClN3/c1-9-4-2-3-7-16(9)12-11(13)6-5-10(8-14)15-12/h5-6,9H,2-4,7-8,14H2,1H3. The van der Waals surface area contributed by atoms with Gasteiger partial charge in [-0.15, -0.1) is 0 Å². The van der Waals surface area contributed by atoms with Gasteiger partial charge in [0.2, 0.25) is 0 Å². The monoisotopic (exact) mass is 239 g/mol. The number of rotatable bonds is 2. The van der Waals surface area contributed by atoms with Crippen LogP contribution in [0.2, 0.25) is 5.02 Å². The Labute approximate surface area is 102 Å². The lowest BCUT2D eigenvalue weighted by molar-refractivity contribution is 0.481. The molecule has 3 nitrogen and oxygen atoms in total. The van der Waals surface area contributed by atoms with Crippen molar-refractivity contribution >= 4 is 17.4 Å². The summed E-state index contributed by atoms with van der Waals surface area (Å²) in [5.41, 5.74) is 6.51. The van der Waals surface area contributed by atoms with Crippen LogP contribution in [0.3, 0.4) is 0 Å². The first kappa shape index (κ1) is 11.7. The first-order valence-corrected chi connectivity index (χ1v) is 6.22. The SMILES string of the molecule is CC1CCCCN1c1nc(CN)ccc1Cl. The molecule has 0 bridgehead atoms. The van der Waals surface area contributed by atoms with Gasteiger partial charge in [0, 0.05) is 19.1 Å². The van der Waals surface area contributed by atoms with Crippen molar-refractivity contribution in [1.29, 1.82) is 0 Å². The van der Waals surface area contributed by atoms with Crippen LogP contribution in [0.25, 0.3) is 0 Å². The highest BCUT2D eigenvalue weighted by molar-refractivity contribution is 6.32. The Morgan fingerprint density at radius 2 is 2.31 bits per heavy atom. The number of halogens is 1. The molecule has 2 heterocycles. The van der Waals surface area contributed by atoms with Crippen LogP contribution in [0.1, 0.15) is 31.9 Å². The number of pyridine rings is 1. The van der Waals surface area contributed by atoms with E-state index in [0.29, 0.717) is 12.6 Å². The van der Waals surface area contributed by atoms with Crippen molar-refractivity contribution in [3.8, 4) is 0 Å². The van der Waals surface area contributed by atoms with Gasteiger partial charge in [0.25, 0.3) is 0 Å². The Morgan fingerprint density at radius 3 is 3.00 bits per heavy atom. The predicted molar refractivity (Wildman–Crippen MR) is 67.8 cm³/mol. The number of piperidine rings is 1. The first-order chi connectivity index (χ1) is 7.72. The average Bonchev–Trinajstić information content (AvgIpc) is 2.31. The fraction of sp³-hybridized carbons (Fsp3) is 0.583. The van der Waals surface area contributed by atoms with Crippen LogP contribution in [0.5, 0.6) is 0 Å². The highest BCUT2D eigenvalue weighted by atomic mass is 35.5. The van der Waals surface area contributed by atoms with E-state index in [1.165, 1.54) is 19.3 Å². The van der Waals surface area contributed by atoms with E-state index < -0.39 is 0 Å². The summed E-state index contributed by atoms with van der Waals surface area (Å²) < 4.78 is 0. The number of nitrogens with two attached hydrogens (primary N) is 1. The molecular weight excluding hydrogens is 222 g/mol. The Kier molecular flexibility index (Phi) is 3.66. The van der Waals surface area contributed by atoms with Crippen molar-refractivity contribution in [3.63, 3.8) is 0 Å². The van der Waals surface area contributed by atoms with Gasteiger partial charge in [-0.05, 0) is 38.3 Å². The molecule has 0 spiro atoms. The van der Waals surface area contributed by atoms with Crippen LogP contribution in [0.4, 0.5) is 5.82 Å². The van der Waals surface area contributed by atoms with Gasteiger partial charge in [0.05, 0.1) is 10.7 Å². The van der Waals surface area contributed by atoms with E-state index in [1.54, 1.807) is 0 Å². The van der Waals surface area contributed by atoms with Crippen molar-refractivity contribution in [2.75, 3.05) is 11.4 Å². The van der Waals surface area contributed by atoms with Gasteiger partial charge in [-0.2, -0.15) is 0 Å². The Hall–Kier alpha value is -0.800. The Bertz CT molecular complexity index is 367. The first-order valence-electron chi connectivity index (χ1n) is 5.84. The maximum absolute atomic E-state index is 6.21. The lowest BCUT2D eigenvalue weighted by Crippen LogP contribution is -2.38. The third-order valence-electron chi connectivity index (χ3n) is 3.17. The summed E-state index contributed by atoms with van der Waals surface area (Å²) in [5.74, 6) is 0.900. The molecule has 1 fully saturated rings. The molecule has 0 saturated carbocycles. The van der Waals surface area contributed by atoms with Gasteiger partial charge in [-0.1, -0.05) is 11.6 Å². The molecule has 0 radical (unpaired) electrons. The van der Waals surface area contributed by atoms with E-state index >= 15 is 0 Å². The number of hydrogen-bond acceptors (Lipinski definition) is 3. The number of hydrogen-bond donors (Lipinski definition) is 1. The van der Waals surface area contributed by atoms with Crippen LogP contribution in [-0.4, -0.2) is 17.6 Å². The zero-order valence-electron chi connectivity index (χ0n) is 9.62. The molecular formula is C12H18ClN3. The second-order valence-corrected chi connectivity index (χ2v) is 4.76. The molecule has 88 valence electrons. The summed E-state index contributed by atoms with van der Waals surface area (Å²) in [6.07, 6.45) is 3.73. The van der Waals surface area contributed by atoms with Crippen molar-refractivity contribution in [2.24, 2.45) is 5.73 Å². The molecule has 1 aromatic heterocycles. The number of nitrogens with zero attached hydrogens (tertiary/aromatic N) is 2. The van der Waals surface area contributed by atoms with E-state index in [0.717, 1.165) is 23.1 Å². The quantitative estimate of drug-likeness (QED) is 0.863. The molecule has 2 N–H and O–H groups in total. The smallest absolute Gasteiger partial charge is 0.147 e. The largest absolute Gasteiger partial charge is 0.353 e. The van der Waals surface area contributed by atoms with Crippen molar-refractivity contribution < 1.29 is 0 Å². The van der Waals surface area contributed by atoms with E-state index in [9.17, 15) is 0 Å². The third-order valence-corrected chi connectivity index (χ3v) is 3.46. The van der Waals surface area contributed by atoms with Gasteiger partial charge < -0.3 is 10.6 Å². The van der Waals surface area contributed by atoms with Gasteiger partial charge in [0.1, 0.15) is 5.82 Å². The molecule has 4 heteroatoms. The Morgan fingerprint density at radius 1 is 1.50 bits per heavy atom. The summed E-state index contributed by atoms with van der Waals surface area (Å²) in [6.45, 7) is 3.74. The minimum atomic E-state index is 0.465. The molecule has 0 amide bonds. The van der Waals surface area contributed by atoms with Crippen LogP contribution in [0, 0.1) is 0 Å². The van der Waals surface area contributed by atoms with Gasteiger partial charge in [-0.25, -0.2) is 4.98 Å². The number of aromatic nitrogens is 1. The topological polar surface area (TPSA) is 42.2 Å². The molecule has 1 saturated heterocycles. The molecule has 1 atom stereocenters. The van der Waals surface area contributed by atoms with E-state index in [-0.39, 0.29) is 0 Å². The van der Waals surface area contributed by atoms with Crippen LogP contribution < -0.4 is 10.6 Å². The molecule has 0 aliphatic carbocycles. The van der Waals surface area contributed by atoms with Gasteiger partial charge in [0.15, 0.2) is 0 Å². The van der Waals surface area contributed by atoms with Crippen LogP contribution >= 0.6 is 11.6 Å². The normalized spacial score (nSPS) is 21.2. The summed E-state index contributed by atoms with van der Waals surface area (Å²) in [7, 11) is 0. The lowest BCUT2D eigenvalue weighted by atomic mass is 10.0. The van der Waals surface area contributed by atoms with E-state index in [4.69, 9.17) is 17.3 Å². The molecule has 1 aliphatic rings. The van der Waals surface area contributed by atoms with Gasteiger partial charge >= 0.3 is 0 Å². The summed E-state index contributed by atoms with van der Waals surface area (Å²) >= 11 is 6.21. The molecule has 1 aromatic rings. The van der Waals surface area contributed by atoms with Crippen LogP contribution in [0.15, 0.2) is 12.1 Å². The summed E-state index contributed by atoms with van der Waals surface area (Å²) in [4.78, 5) is 6.83. The van der Waals surface area contributed by atoms with E-state index in [1.807, 2.05) is 12.1 Å². The maximum Gasteiger partial charge on any atom is 0.147 e. The third kappa shape index (κ3) is 2.30. The van der Waals surface area contributed by atoms with Crippen molar-refractivity contribution in [3.05, 3.63) is 22.8 Å². The average molecular weight is 240 g/mol. The zero-order valence-corrected chi connectivity index (χ0v) is 10.4. The summed E-state index contributed by atoms with van der Waals surface area (Å²) in [6, 6.07) is 4.31. The van der Waals surface area contributed by atoms with Crippen molar-refractivity contribution in [1.82, 2.24) is 4.98 Å². The molecule has 1 aliphatic heterocycles. The van der Waals surface area contributed by atoms with Crippen molar-refractivity contribution in [2.45, 2.75) is 38.8 Å². The number of anilines is 1. The zero-order chi connectivity index (χ0) is 11.5. The fourth-order valence-corrected chi connectivity index (χ4v) is 2.41. The predicted octanol–water partition coefficient (Wildman–Crippen LogP) is 2.57. The lowest BCUT2D eigenvalue weighted by Gasteiger charge is -2.35. The molecule has 0 aromatic carbocycles. The second kappa shape index (κ2) is 5.02. The van der Waals surface area contributed by atoms with Crippen LogP contribution in [-0.2, 0) is 6.54 Å².